The minimum Gasteiger partial charge on any atom is -0.465 e. The average molecular weight is 469 g/mol. The summed E-state index contributed by atoms with van der Waals surface area (Å²) in [5, 5.41) is 12.7. The summed E-state index contributed by atoms with van der Waals surface area (Å²) in [6, 6.07) is 4.52. The van der Waals surface area contributed by atoms with Crippen LogP contribution in [0.25, 0.3) is 0 Å². The number of rotatable bonds is 3. The van der Waals surface area contributed by atoms with E-state index in [1.54, 1.807) is 17.0 Å². The lowest BCUT2D eigenvalue weighted by atomic mass is 9.94. The molecule has 0 spiro atoms. The molecule has 168 valence electrons. The maximum absolute atomic E-state index is 13.8. The first-order valence-electron chi connectivity index (χ1n) is 10.8. The molecule has 2 saturated heterocycles. The zero-order valence-electron chi connectivity index (χ0n) is 17.6. The summed E-state index contributed by atoms with van der Waals surface area (Å²) in [4.78, 5) is 40.4. The van der Waals surface area contributed by atoms with E-state index in [1.165, 1.54) is 0 Å². The molecule has 0 bridgehead atoms. The Labute approximate surface area is 191 Å². The molecule has 0 aromatic heterocycles. The van der Waals surface area contributed by atoms with Crippen LogP contribution < -0.4 is 5.32 Å². The highest BCUT2D eigenvalue weighted by Crippen LogP contribution is 2.49. The van der Waals surface area contributed by atoms with Crippen LogP contribution in [0.2, 0.25) is 10.0 Å². The first kappa shape index (κ1) is 22.4. The second-order valence-corrected chi connectivity index (χ2v) is 10.2. The van der Waals surface area contributed by atoms with Gasteiger partial charge in [0.2, 0.25) is 0 Å². The molecule has 0 unspecified atom stereocenters. The Kier molecular flexibility index (Phi) is 5.96. The third-order valence-corrected chi connectivity index (χ3v) is 7.86. The number of nitrogens with zero attached hydrogens (tertiary/aromatic N) is 2. The number of nitrogens with one attached hydrogen (secondary N) is 1. The van der Waals surface area contributed by atoms with Gasteiger partial charge in [0.1, 0.15) is 0 Å². The third kappa shape index (κ3) is 4.15. The monoisotopic (exact) mass is 468 g/mol. The van der Waals surface area contributed by atoms with Crippen LogP contribution in [0, 0.1) is 5.41 Å². The van der Waals surface area contributed by atoms with Crippen LogP contribution in [0.3, 0.4) is 0 Å². The number of hydrogen-bond donors (Lipinski definition) is 2. The Morgan fingerprint density at radius 2 is 1.77 bits per heavy atom. The number of hydrogen-bond acceptors (Lipinski definition) is 3. The van der Waals surface area contributed by atoms with E-state index in [0.717, 1.165) is 37.7 Å². The molecule has 3 aliphatic rings. The van der Waals surface area contributed by atoms with Crippen LogP contribution in [0.15, 0.2) is 18.2 Å². The Morgan fingerprint density at radius 3 is 2.35 bits per heavy atom. The topological polar surface area (TPSA) is 86.7 Å². The molecule has 7 nitrogen and oxygen atoms in total. The van der Waals surface area contributed by atoms with Crippen LogP contribution >= 0.6 is 23.2 Å². The highest BCUT2D eigenvalue weighted by Gasteiger charge is 2.60. The van der Waals surface area contributed by atoms with E-state index in [0.29, 0.717) is 29.7 Å². The number of piperidine rings is 1. The summed E-state index contributed by atoms with van der Waals surface area (Å²) in [6.07, 6.45) is 3.21. The molecular formula is C22H28Cl2N3O4+. The zero-order chi connectivity index (χ0) is 22.4. The lowest BCUT2D eigenvalue weighted by Gasteiger charge is -2.39. The minimum absolute atomic E-state index is 0.0259. The number of carbonyl (C=O) groups excluding carboxylic acids is 2. The Hall–Kier alpha value is -1.83. The van der Waals surface area contributed by atoms with Crippen molar-refractivity contribution >= 4 is 41.2 Å². The number of imide groups is 1. The highest BCUT2D eigenvalue weighted by molar-refractivity contribution is 6.42. The van der Waals surface area contributed by atoms with E-state index in [4.69, 9.17) is 23.2 Å². The molecule has 1 aromatic carbocycles. The van der Waals surface area contributed by atoms with Crippen LogP contribution in [0.5, 0.6) is 0 Å². The SMILES string of the molecule is CC1(C(=O)[N+]2(C(=O)N3C[C@H](NC(=O)O)[C@@H](c4ccc(Cl)c(Cl)c4)C3)CCCCC2)CC1. The lowest BCUT2D eigenvalue weighted by molar-refractivity contribution is -0.786. The summed E-state index contributed by atoms with van der Waals surface area (Å²) >= 11 is 12.2. The predicted octanol–water partition coefficient (Wildman–Crippen LogP) is 4.48. The molecule has 0 radical (unpaired) electrons. The molecule has 9 heteroatoms. The summed E-state index contributed by atoms with van der Waals surface area (Å²) in [7, 11) is 0. The summed E-state index contributed by atoms with van der Waals surface area (Å²) < 4.78 is -0.135. The predicted molar refractivity (Wildman–Crippen MR) is 117 cm³/mol. The second-order valence-electron chi connectivity index (χ2n) is 9.37. The van der Waals surface area contributed by atoms with E-state index in [9.17, 15) is 19.5 Å². The number of halogens is 2. The van der Waals surface area contributed by atoms with Gasteiger partial charge in [-0.15, -0.1) is 0 Å². The molecule has 4 amide bonds. The van der Waals surface area contributed by atoms with Gasteiger partial charge in [-0.2, -0.15) is 4.48 Å². The number of amides is 4. The van der Waals surface area contributed by atoms with Gasteiger partial charge in [-0.05, 0) is 56.7 Å². The van der Waals surface area contributed by atoms with Gasteiger partial charge in [-0.1, -0.05) is 29.3 Å². The van der Waals surface area contributed by atoms with Crippen molar-refractivity contribution in [3.63, 3.8) is 0 Å². The minimum atomic E-state index is -1.15. The quantitative estimate of drug-likeness (QED) is 0.640. The van der Waals surface area contributed by atoms with Gasteiger partial charge in [0, 0.05) is 19.0 Å². The van der Waals surface area contributed by atoms with Gasteiger partial charge in [0.15, 0.2) is 0 Å². The molecule has 1 saturated carbocycles. The molecule has 4 rings (SSSR count). The van der Waals surface area contributed by atoms with Gasteiger partial charge >= 0.3 is 18.0 Å². The van der Waals surface area contributed by atoms with Crippen LogP contribution in [-0.2, 0) is 4.79 Å². The molecule has 2 N–H and O–H groups in total. The fourth-order valence-corrected chi connectivity index (χ4v) is 5.37. The first-order chi connectivity index (χ1) is 14.7. The van der Waals surface area contributed by atoms with Crippen molar-refractivity contribution in [2.75, 3.05) is 26.2 Å². The van der Waals surface area contributed by atoms with Gasteiger partial charge in [-0.3, -0.25) is 4.90 Å². The zero-order valence-corrected chi connectivity index (χ0v) is 19.1. The Balaban J connectivity index is 1.63. The van der Waals surface area contributed by atoms with Crippen molar-refractivity contribution in [1.82, 2.24) is 10.2 Å². The van der Waals surface area contributed by atoms with Crippen molar-refractivity contribution < 1.29 is 24.0 Å². The van der Waals surface area contributed by atoms with E-state index in [2.05, 4.69) is 5.32 Å². The number of carboxylic acid groups (broad SMARTS) is 1. The third-order valence-electron chi connectivity index (χ3n) is 7.12. The molecule has 3 fully saturated rings. The summed E-state index contributed by atoms with van der Waals surface area (Å²) in [5.41, 5.74) is 0.406. The highest BCUT2D eigenvalue weighted by atomic mass is 35.5. The smallest absolute Gasteiger partial charge is 0.426 e. The molecule has 2 atom stereocenters. The maximum atomic E-state index is 13.8. The fraction of sp³-hybridized carbons (Fsp3) is 0.591. The van der Waals surface area contributed by atoms with Crippen molar-refractivity contribution in [1.29, 1.82) is 0 Å². The van der Waals surface area contributed by atoms with Crippen LogP contribution in [0.1, 0.15) is 50.5 Å². The van der Waals surface area contributed by atoms with Crippen molar-refractivity contribution in [3.05, 3.63) is 33.8 Å². The van der Waals surface area contributed by atoms with E-state index in [1.807, 2.05) is 13.0 Å². The molecular weight excluding hydrogens is 441 g/mol. The van der Waals surface area contributed by atoms with Crippen molar-refractivity contribution in [3.8, 4) is 0 Å². The van der Waals surface area contributed by atoms with E-state index in [-0.39, 0.29) is 28.9 Å². The molecule has 2 aliphatic heterocycles. The normalized spacial score (nSPS) is 26.4. The van der Waals surface area contributed by atoms with Gasteiger partial charge in [-0.25, -0.2) is 14.4 Å². The molecule has 1 aliphatic carbocycles. The second kappa shape index (κ2) is 8.26. The van der Waals surface area contributed by atoms with Crippen molar-refractivity contribution in [2.45, 2.75) is 51.0 Å². The lowest BCUT2D eigenvalue weighted by Crippen LogP contribution is -2.65. The number of urea groups is 1. The van der Waals surface area contributed by atoms with Gasteiger partial charge in [0.25, 0.3) is 0 Å². The van der Waals surface area contributed by atoms with E-state index < -0.39 is 17.6 Å². The van der Waals surface area contributed by atoms with Gasteiger partial charge in [0.05, 0.1) is 34.6 Å². The van der Waals surface area contributed by atoms with E-state index >= 15 is 0 Å². The number of carbonyl (C=O) groups is 3. The molecule has 2 heterocycles. The average Bonchev–Trinajstić information content (AvgIpc) is 3.36. The van der Waals surface area contributed by atoms with Crippen molar-refractivity contribution in [2.24, 2.45) is 5.41 Å². The Morgan fingerprint density at radius 1 is 1.10 bits per heavy atom. The standard InChI is InChI=1S/C22H27Cl2N3O4/c1-22(7-8-22)19(28)27(9-3-2-4-10-27)21(31)26-12-15(18(13-26)25-20(29)30)14-5-6-16(23)17(24)11-14/h5-6,11,15,18,25H,2-4,7-10,12-13H2,1H3/p+1/t15-,18+/m1/s1. The first-order valence-corrected chi connectivity index (χ1v) is 11.6. The molecule has 1 aromatic rings. The fourth-order valence-electron chi connectivity index (χ4n) is 5.07. The summed E-state index contributed by atoms with van der Waals surface area (Å²) in [5.74, 6) is -0.246. The largest absolute Gasteiger partial charge is 0.465 e. The van der Waals surface area contributed by atoms with Gasteiger partial charge < -0.3 is 10.4 Å². The summed E-state index contributed by atoms with van der Waals surface area (Å²) in [6.45, 7) is 3.55. The van der Waals surface area contributed by atoms with Crippen LogP contribution in [0.4, 0.5) is 9.59 Å². The number of likely N-dealkylation sites (tertiary alicyclic amines) is 2. The number of benzene rings is 1. The Bertz CT molecular complexity index is 912. The van der Waals surface area contributed by atoms with Crippen LogP contribution in [-0.4, -0.2) is 64.7 Å². The maximum Gasteiger partial charge on any atom is 0.426 e. The molecule has 31 heavy (non-hydrogen) atoms. The number of quaternary nitrogens is 1.